The Morgan fingerprint density at radius 2 is 1.57 bits per heavy atom. The average molecular weight is 501 g/mol. The lowest BCUT2D eigenvalue weighted by atomic mass is 9.85. The number of likely N-dealkylation sites (tertiary alicyclic amines) is 2. The van der Waals surface area contributed by atoms with Crippen LogP contribution in [0.2, 0.25) is 0 Å². The second-order valence-corrected chi connectivity index (χ2v) is 9.99. The number of nitrogens with zero attached hydrogens (tertiary/aromatic N) is 5. The highest BCUT2D eigenvalue weighted by molar-refractivity contribution is 5.97. The summed E-state index contributed by atoms with van der Waals surface area (Å²) in [4.78, 5) is 47.2. The van der Waals surface area contributed by atoms with Crippen molar-refractivity contribution in [2.75, 3.05) is 49.6 Å². The number of nitrogens with one attached hydrogen (secondary N) is 1. The molecule has 192 valence electrons. The number of para-hydroxylation sites is 1. The summed E-state index contributed by atoms with van der Waals surface area (Å²) < 4.78 is 0. The number of urea groups is 1. The number of hydrogen-bond acceptors (Lipinski definition) is 5. The number of rotatable bonds is 4. The van der Waals surface area contributed by atoms with Gasteiger partial charge in [0, 0.05) is 37.6 Å². The smallest absolute Gasteiger partial charge is 0.321 e. The molecule has 1 N–H and O–H groups in total. The first-order chi connectivity index (χ1) is 18.0. The first-order valence-electron chi connectivity index (χ1n) is 13.0. The summed E-state index contributed by atoms with van der Waals surface area (Å²) in [5, 5.41) is 11.9. The lowest BCUT2D eigenvalue weighted by molar-refractivity contribution is -0.141. The molecule has 3 fully saturated rings. The third kappa shape index (κ3) is 4.96. The third-order valence-corrected chi connectivity index (χ3v) is 7.76. The van der Waals surface area contributed by atoms with Crippen molar-refractivity contribution >= 4 is 29.2 Å². The summed E-state index contributed by atoms with van der Waals surface area (Å²) in [5.41, 5.74) is 1.31. The van der Waals surface area contributed by atoms with Crippen molar-refractivity contribution in [1.29, 1.82) is 5.26 Å². The van der Waals surface area contributed by atoms with Gasteiger partial charge in [-0.1, -0.05) is 18.2 Å². The number of anilines is 2. The molecule has 0 saturated carbocycles. The highest BCUT2D eigenvalue weighted by Gasteiger charge is 2.54. The zero-order valence-electron chi connectivity index (χ0n) is 20.9. The van der Waals surface area contributed by atoms with Gasteiger partial charge in [0.05, 0.1) is 18.3 Å². The summed E-state index contributed by atoms with van der Waals surface area (Å²) in [6.07, 6.45) is 4.14. The number of amides is 4. The maximum absolute atomic E-state index is 13.9. The summed E-state index contributed by atoms with van der Waals surface area (Å²) >= 11 is 0. The van der Waals surface area contributed by atoms with E-state index in [9.17, 15) is 14.4 Å². The van der Waals surface area contributed by atoms with Gasteiger partial charge >= 0.3 is 6.03 Å². The van der Waals surface area contributed by atoms with Crippen LogP contribution in [0.4, 0.5) is 16.2 Å². The fourth-order valence-electron chi connectivity index (χ4n) is 5.64. The van der Waals surface area contributed by atoms with Gasteiger partial charge in [-0.15, -0.1) is 0 Å². The molecule has 37 heavy (non-hydrogen) atoms. The predicted molar refractivity (Wildman–Crippen MR) is 140 cm³/mol. The molecule has 0 unspecified atom stereocenters. The first-order valence-corrected chi connectivity index (χ1v) is 13.0. The van der Waals surface area contributed by atoms with Crippen molar-refractivity contribution in [1.82, 2.24) is 14.7 Å². The molecule has 0 aliphatic carbocycles. The van der Waals surface area contributed by atoms with Gasteiger partial charge in [0.1, 0.15) is 12.1 Å². The Balaban J connectivity index is 1.29. The van der Waals surface area contributed by atoms with Gasteiger partial charge in [0.15, 0.2) is 0 Å². The number of carbonyl (C=O) groups excluding carboxylic acids is 3. The Bertz CT molecular complexity index is 1180. The summed E-state index contributed by atoms with van der Waals surface area (Å²) in [6, 6.07) is 18.4. The van der Waals surface area contributed by atoms with Crippen LogP contribution >= 0.6 is 0 Å². The fourth-order valence-corrected chi connectivity index (χ4v) is 5.64. The summed E-state index contributed by atoms with van der Waals surface area (Å²) in [5.74, 6) is -0.0220. The average Bonchev–Trinajstić information content (AvgIpc) is 3.20. The lowest BCUT2D eigenvalue weighted by Gasteiger charge is -2.43. The number of benzene rings is 2. The Labute approximate surface area is 217 Å². The monoisotopic (exact) mass is 500 g/mol. The van der Waals surface area contributed by atoms with Crippen molar-refractivity contribution in [3.8, 4) is 6.07 Å². The van der Waals surface area contributed by atoms with Gasteiger partial charge < -0.3 is 24.9 Å². The highest BCUT2D eigenvalue weighted by atomic mass is 16.2. The molecule has 9 heteroatoms. The summed E-state index contributed by atoms with van der Waals surface area (Å²) in [7, 11) is 0. The molecule has 0 aromatic heterocycles. The van der Waals surface area contributed by atoms with Gasteiger partial charge in [-0.3, -0.25) is 9.59 Å². The topological polar surface area (TPSA) is 100.0 Å². The molecular weight excluding hydrogens is 468 g/mol. The SMILES string of the molecule is N#Cc1ccc(NC(=O)N2CCC3(CC2)C(=O)N(CC(=O)N2CCCCC2)CN3c2ccccc2)cc1. The molecule has 2 aromatic rings. The van der Waals surface area contributed by atoms with Crippen LogP contribution in [-0.2, 0) is 9.59 Å². The van der Waals surface area contributed by atoms with Crippen LogP contribution in [0.5, 0.6) is 0 Å². The van der Waals surface area contributed by atoms with Gasteiger partial charge in [-0.25, -0.2) is 4.79 Å². The number of piperidine rings is 2. The molecule has 5 rings (SSSR count). The Kier molecular flexibility index (Phi) is 6.99. The van der Waals surface area contributed by atoms with Crippen molar-refractivity contribution in [3.63, 3.8) is 0 Å². The molecule has 9 nitrogen and oxygen atoms in total. The van der Waals surface area contributed by atoms with E-state index in [1.165, 1.54) is 0 Å². The van der Waals surface area contributed by atoms with Gasteiger partial charge in [0.2, 0.25) is 5.91 Å². The minimum Gasteiger partial charge on any atom is -0.341 e. The maximum Gasteiger partial charge on any atom is 0.321 e. The van der Waals surface area contributed by atoms with E-state index in [0.29, 0.717) is 43.9 Å². The van der Waals surface area contributed by atoms with Crippen LogP contribution in [-0.4, -0.2) is 77.5 Å². The van der Waals surface area contributed by atoms with Crippen LogP contribution in [0.3, 0.4) is 0 Å². The van der Waals surface area contributed by atoms with E-state index in [-0.39, 0.29) is 24.4 Å². The van der Waals surface area contributed by atoms with Crippen LogP contribution in [0.1, 0.15) is 37.7 Å². The van der Waals surface area contributed by atoms with E-state index in [4.69, 9.17) is 5.26 Å². The fraction of sp³-hybridized carbons (Fsp3) is 0.429. The van der Waals surface area contributed by atoms with Crippen LogP contribution in [0, 0.1) is 11.3 Å². The number of nitriles is 1. The molecule has 3 saturated heterocycles. The van der Waals surface area contributed by atoms with E-state index in [1.54, 1.807) is 34.1 Å². The summed E-state index contributed by atoms with van der Waals surface area (Å²) in [6.45, 7) is 2.82. The van der Waals surface area contributed by atoms with E-state index < -0.39 is 5.54 Å². The molecule has 0 bridgehead atoms. The first kappa shape index (κ1) is 24.6. The quantitative estimate of drug-likeness (QED) is 0.695. The zero-order chi connectivity index (χ0) is 25.8. The molecule has 3 aliphatic rings. The molecule has 4 amide bonds. The van der Waals surface area contributed by atoms with E-state index in [2.05, 4.69) is 16.3 Å². The highest BCUT2D eigenvalue weighted by Crippen LogP contribution is 2.39. The zero-order valence-corrected chi connectivity index (χ0v) is 20.9. The Hall–Kier alpha value is -4.06. The molecular formula is C28H32N6O3. The normalized spacial score (nSPS) is 19.2. The van der Waals surface area contributed by atoms with Crippen LogP contribution < -0.4 is 10.2 Å². The van der Waals surface area contributed by atoms with Gasteiger partial charge in [-0.2, -0.15) is 5.26 Å². The molecule has 3 aliphatic heterocycles. The van der Waals surface area contributed by atoms with Crippen LogP contribution in [0.25, 0.3) is 0 Å². The molecule has 0 radical (unpaired) electrons. The lowest BCUT2D eigenvalue weighted by Crippen LogP contribution is -2.58. The van der Waals surface area contributed by atoms with E-state index >= 15 is 0 Å². The van der Waals surface area contributed by atoms with Crippen LogP contribution in [0.15, 0.2) is 54.6 Å². The van der Waals surface area contributed by atoms with Gasteiger partial charge in [-0.05, 0) is 68.5 Å². The predicted octanol–water partition coefficient (Wildman–Crippen LogP) is 3.24. The van der Waals surface area contributed by atoms with E-state index in [1.807, 2.05) is 35.2 Å². The second-order valence-electron chi connectivity index (χ2n) is 9.99. The molecule has 0 atom stereocenters. The maximum atomic E-state index is 13.9. The van der Waals surface area contributed by atoms with Crippen molar-refractivity contribution < 1.29 is 14.4 Å². The largest absolute Gasteiger partial charge is 0.341 e. The minimum absolute atomic E-state index is 0.0114. The van der Waals surface area contributed by atoms with Crippen molar-refractivity contribution in [3.05, 3.63) is 60.2 Å². The van der Waals surface area contributed by atoms with Gasteiger partial charge in [0.25, 0.3) is 5.91 Å². The molecule has 3 heterocycles. The number of hydrogen-bond donors (Lipinski definition) is 1. The second kappa shape index (κ2) is 10.5. The standard InChI is InChI=1S/C28H32N6O3/c29-19-22-9-11-23(12-10-22)30-27(37)32-17-13-28(14-18-32)26(36)33(20-25(35)31-15-5-2-6-16-31)21-34(28)24-7-3-1-4-8-24/h1,3-4,7-12H,2,5-6,13-18,20-21H2,(H,30,37). The molecule has 1 spiro atoms. The van der Waals surface area contributed by atoms with Crippen molar-refractivity contribution in [2.24, 2.45) is 0 Å². The number of carbonyl (C=O) groups is 3. The Morgan fingerprint density at radius 3 is 2.22 bits per heavy atom. The van der Waals surface area contributed by atoms with Crippen molar-refractivity contribution in [2.45, 2.75) is 37.6 Å². The third-order valence-electron chi connectivity index (χ3n) is 7.76. The Morgan fingerprint density at radius 1 is 0.892 bits per heavy atom. The minimum atomic E-state index is -0.783. The van der Waals surface area contributed by atoms with E-state index in [0.717, 1.165) is 38.0 Å². The molecule has 2 aromatic carbocycles.